The average Bonchev–Trinajstić information content (AvgIpc) is 2.63. The van der Waals surface area contributed by atoms with E-state index in [-0.39, 0.29) is 5.91 Å². The summed E-state index contributed by atoms with van der Waals surface area (Å²) >= 11 is 1.45. The molecule has 1 fully saturated rings. The highest BCUT2D eigenvalue weighted by Gasteiger charge is 2.31. The Hall–Kier alpha value is -0.900. The Labute approximate surface area is 87.6 Å². The Morgan fingerprint density at radius 1 is 1.71 bits per heavy atom. The molecule has 0 aliphatic heterocycles. The Morgan fingerprint density at radius 2 is 2.50 bits per heavy atom. The molecule has 3 nitrogen and oxygen atoms in total. The number of hydrogen-bond donors (Lipinski definition) is 1. The molecule has 1 amide bonds. The van der Waals surface area contributed by atoms with Crippen molar-refractivity contribution >= 4 is 17.2 Å². The van der Waals surface area contributed by atoms with Gasteiger partial charge in [-0.15, -0.1) is 11.3 Å². The Kier molecular flexibility index (Phi) is 2.54. The van der Waals surface area contributed by atoms with Crippen LogP contribution >= 0.6 is 11.3 Å². The van der Waals surface area contributed by atoms with Crippen molar-refractivity contribution in [3.63, 3.8) is 0 Å². The standard InChI is InChI=1S/C10H14N2OS/c1-10(3-2-4-10)6-11-9(13)8-5-14-7-12-8/h5,7H,2-4,6H2,1H3,(H,11,13). The minimum atomic E-state index is -0.0422. The number of nitrogens with zero attached hydrogens (tertiary/aromatic N) is 1. The third-order valence-electron chi connectivity index (χ3n) is 2.90. The lowest BCUT2D eigenvalue weighted by Crippen LogP contribution is -2.40. The van der Waals surface area contributed by atoms with Crippen molar-refractivity contribution in [2.45, 2.75) is 26.2 Å². The largest absolute Gasteiger partial charge is 0.350 e. The van der Waals surface area contributed by atoms with Crippen LogP contribution in [0.1, 0.15) is 36.7 Å². The summed E-state index contributed by atoms with van der Waals surface area (Å²) in [5.41, 5.74) is 2.56. The highest BCUT2D eigenvalue weighted by molar-refractivity contribution is 7.07. The van der Waals surface area contributed by atoms with Crippen molar-refractivity contribution < 1.29 is 4.79 Å². The lowest BCUT2D eigenvalue weighted by atomic mass is 9.70. The van der Waals surface area contributed by atoms with E-state index in [4.69, 9.17) is 0 Å². The van der Waals surface area contributed by atoms with Crippen molar-refractivity contribution in [2.24, 2.45) is 5.41 Å². The topological polar surface area (TPSA) is 42.0 Å². The second kappa shape index (κ2) is 3.69. The van der Waals surface area contributed by atoms with Crippen LogP contribution in [0, 0.1) is 5.41 Å². The first-order chi connectivity index (χ1) is 6.70. The summed E-state index contributed by atoms with van der Waals surface area (Å²) < 4.78 is 0. The van der Waals surface area contributed by atoms with Gasteiger partial charge in [-0.05, 0) is 18.3 Å². The number of aromatic nitrogens is 1. The molecule has 2 rings (SSSR count). The van der Waals surface area contributed by atoms with Crippen LogP contribution < -0.4 is 5.32 Å². The minimum Gasteiger partial charge on any atom is -0.350 e. The normalized spacial score (nSPS) is 18.6. The lowest BCUT2D eigenvalue weighted by Gasteiger charge is -2.38. The zero-order valence-corrected chi connectivity index (χ0v) is 9.06. The summed E-state index contributed by atoms with van der Waals surface area (Å²) in [6.07, 6.45) is 3.75. The number of nitrogens with one attached hydrogen (secondary N) is 1. The number of rotatable bonds is 3. The van der Waals surface area contributed by atoms with Crippen molar-refractivity contribution in [1.29, 1.82) is 0 Å². The molecule has 1 N–H and O–H groups in total. The molecule has 0 unspecified atom stereocenters. The molecule has 14 heavy (non-hydrogen) atoms. The predicted octanol–water partition coefficient (Wildman–Crippen LogP) is 2.06. The highest BCUT2D eigenvalue weighted by atomic mass is 32.1. The third kappa shape index (κ3) is 1.95. The van der Waals surface area contributed by atoms with Gasteiger partial charge in [0.1, 0.15) is 5.69 Å². The minimum absolute atomic E-state index is 0.0422. The van der Waals surface area contributed by atoms with Crippen molar-refractivity contribution in [1.82, 2.24) is 10.3 Å². The number of amides is 1. The predicted molar refractivity (Wildman–Crippen MR) is 56.4 cm³/mol. The molecule has 1 aromatic heterocycles. The zero-order chi connectivity index (χ0) is 10.0. The van der Waals surface area contributed by atoms with E-state index in [1.54, 1.807) is 10.9 Å². The lowest BCUT2D eigenvalue weighted by molar-refractivity contribution is 0.0886. The van der Waals surface area contributed by atoms with E-state index in [0.29, 0.717) is 11.1 Å². The van der Waals surface area contributed by atoms with Crippen molar-refractivity contribution in [2.75, 3.05) is 6.54 Å². The quantitative estimate of drug-likeness (QED) is 0.829. The van der Waals surface area contributed by atoms with Gasteiger partial charge in [-0.3, -0.25) is 4.79 Å². The van der Waals surface area contributed by atoms with Crippen LogP contribution in [0.4, 0.5) is 0 Å². The third-order valence-corrected chi connectivity index (χ3v) is 3.49. The van der Waals surface area contributed by atoms with Gasteiger partial charge < -0.3 is 5.32 Å². The molecular formula is C10H14N2OS. The molecular weight excluding hydrogens is 196 g/mol. The second-order valence-corrected chi connectivity index (χ2v) is 4.94. The summed E-state index contributed by atoms with van der Waals surface area (Å²) in [5.74, 6) is -0.0422. The van der Waals surface area contributed by atoms with E-state index in [2.05, 4.69) is 17.2 Å². The van der Waals surface area contributed by atoms with Crippen LogP contribution in [-0.4, -0.2) is 17.4 Å². The second-order valence-electron chi connectivity index (χ2n) is 4.22. The monoisotopic (exact) mass is 210 g/mol. The zero-order valence-electron chi connectivity index (χ0n) is 8.25. The van der Waals surface area contributed by atoms with Crippen LogP contribution in [0.25, 0.3) is 0 Å². The number of thiazole rings is 1. The van der Waals surface area contributed by atoms with Crippen LogP contribution in [0.5, 0.6) is 0 Å². The summed E-state index contributed by atoms with van der Waals surface area (Å²) in [7, 11) is 0. The van der Waals surface area contributed by atoms with E-state index in [9.17, 15) is 4.79 Å². The summed E-state index contributed by atoms with van der Waals surface area (Å²) in [4.78, 5) is 15.5. The molecule has 1 aromatic rings. The van der Waals surface area contributed by atoms with Gasteiger partial charge in [-0.1, -0.05) is 13.3 Å². The first-order valence-electron chi connectivity index (χ1n) is 4.86. The van der Waals surface area contributed by atoms with Crippen LogP contribution in [0.15, 0.2) is 10.9 Å². The molecule has 0 atom stereocenters. The van der Waals surface area contributed by atoms with Gasteiger partial charge in [-0.2, -0.15) is 0 Å². The first kappa shape index (κ1) is 9.65. The van der Waals surface area contributed by atoms with E-state index in [1.807, 2.05) is 0 Å². The maximum atomic E-state index is 11.5. The summed E-state index contributed by atoms with van der Waals surface area (Å²) in [6.45, 7) is 3.00. The number of carbonyl (C=O) groups excluding carboxylic acids is 1. The Morgan fingerprint density at radius 3 is 3.00 bits per heavy atom. The maximum absolute atomic E-state index is 11.5. The fraction of sp³-hybridized carbons (Fsp3) is 0.600. The van der Waals surface area contributed by atoms with E-state index in [1.165, 1.54) is 30.6 Å². The molecule has 1 aliphatic rings. The molecule has 0 aromatic carbocycles. The van der Waals surface area contributed by atoms with Gasteiger partial charge >= 0.3 is 0 Å². The Balaban J connectivity index is 1.84. The van der Waals surface area contributed by atoms with Gasteiger partial charge in [0.2, 0.25) is 0 Å². The van der Waals surface area contributed by atoms with Crippen molar-refractivity contribution in [3.8, 4) is 0 Å². The average molecular weight is 210 g/mol. The van der Waals surface area contributed by atoms with Crippen LogP contribution in [0.2, 0.25) is 0 Å². The molecule has 76 valence electrons. The summed E-state index contributed by atoms with van der Waals surface area (Å²) in [5, 5.41) is 4.71. The molecule has 0 bridgehead atoms. The Bertz CT molecular complexity index is 317. The van der Waals surface area contributed by atoms with E-state index >= 15 is 0 Å². The maximum Gasteiger partial charge on any atom is 0.270 e. The van der Waals surface area contributed by atoms with Crippen molar-refractivity contribution in [3.05, 3.63) is 16.6 Å². The first-order valence-corrected chi connectivity index (χ1v) is 5.80. The van der Waals surface area contributed by atoms with Gasteiger partial charge in [-0.25, -0.2) is 4.98 Å². The molecule has 0 radical (unpaired) electrons. The fourth-order valence-electron chi connectivity index (χ4n) is 1.67. The molecule has 1 saturated carbocycles. The number of hydrogen-bond acceptors (Lipinski definition) is 3. The molecule has 0 saturated heterocycles. The highest BCUT2D eigenvalue weighted by Crippen LogP contribution is 2.39. The summed E-state index contributed by atoms with van der Waals surface area (Å²) in [6, 6.07) is 0. The number of carbonyl (C=O) groups is 1. The molecule has 1 heterocycles. The van der Waals surface area contributed by atoms with Gasteiger partial charge in [0, 0.05) is 11.9 Å². The molecule has 0 spiro atoms. The van der Waals surface area contributed by atoms with Gasteiger partial charge in [0.25, 0.3) is 5.91 Å². The molecule has 1 aliphatic carbocycles. The van der Waals surface area contributed by atoms with E-state index < -0.39 is 0 Å². The SMILES string of the molecule is CC1(CNC(=O)c2cscn2)CCC1. The molecule has 4 heteroatoms. The van der Waals surface area contributed by atoms with Gasteiger partial charge in [0.15, 0.2) is 0 Å². The fourth-order valence-corrected chi connectivity index (χ4v) is 2.20. The van der Waals surface area contributed by atoms with Crippen LogP contribution in [0.3, 0.4) is 0 Å². The van der Waals surface area contributed by atoms with Gasteiger partial charge in [0.05, 0.1) is 5.51 Å². The van der Waals surface area contributed by atoms with E-state index in [0.717, 1.165) is 6.54 Å². The van der Waals surface area contributed by atoms with Crippen LogP contribution in [-0.2, 0) is 0 Å². The smallest absolute Gasteiger partial charge is 0.270 e.